The molecule has 1 amide bonds. The van der Waals surface area contributed by atoms with E-state index in [0.29, 0.717) is 23.7 Å². The summed E-state index contributed by atoms with van der Waals surface area (Å²) < 4.78 is 17.6. The predicted molar refractivity (Wildman–Crippen MR) is 116 cm³/mol. The molecule has 0 fully saturated rings. The first-order chi connectivity index (χ1) is 14.5. The molecule has 0 aliphatic heterocycles. The molecule has 0 radical (unpaired) electrons. The Bertz CT molecular complexity index is 1210. The lowest BCUT2D eigenvalue weighted by atomic mass is 10.1. The fourth-order valence-electron chi connectivity index (χ4n) is 2.99. The van der Waals surface area contributed by atoms with Crippen molar-refractivity contribution in [3.63, 3.8) is 0 Å². The number of nitrogens with one attached hydrogen (secondary N) is 1. The average Bonchev–Trinajstić information content (AvgIpc) is 3.27. The minimum atomic E-state index is -0.323. The van der Waals surface area contributed by atoms with Crippen molar-refractivity contribution in [3.8, 4) is 0 Å². The van der Waals surface area contributed by atoms with Crippen molar-refractivity contribution < 1.29 is 9.18 Å². The number of carbonyl (C=O) groups excluding carboxylic acids is 1. The number of nitrogens with zero attached hydrogens (tertiary/aromatic N) is 4. The third kappa shape index (κ3) is 4.95. The molecule has 4 rings (SSSR count). The second-order valence-corrected chi connectivity index (χ2v) is 7.99. The molecule has 0 unspecified atom stereocenters. The second kappa shape index (κ2) is 8.81. The number of anilines is 1. The Morgan fingerprint density at radius 1 is 1.07 bits per heavy atom. The fraction of sp³-hybridized carbons (Fsp3) is 0.0952. The summed E-state index contributed by atoms with van der Waals surface area (Å²) >= 11 is 9.59. The van der Waals surface area contributed by atoms with Gasteiger partial charge in [0.15, 0.2) is 5.82 Å². The Balaban J connectivity index is 1.46. The zero-order chi connectivity index (χ0) is 21.1. The second-order valence-electron chi connectivity index (χ2n) is 6.66. The van der Waals surface area contributed by atoms with E-state index in [0.717, 1.165) is 15.6 Å². The molecule has 0 aliphatic rings. The molecule has 0 saturated carbocycles. The Morgan fingerprint density at radius 3 is 2.53 bits per heavy atom. The van der Waals surface area contributed by atoms with Crippen LogP contribution in [0, 0.1) is 5.82 Å². The predicted octanol–water partition coefficient (Wildman–Crippen LogP) is 4.98. The van der Waals surface area contributed by atoms with Crippen LogP contribution >= 0.6 is 27.5 Å². The van der Waals surface area contributed by atoms with Crippen molar-refractivity contribution in [1.29, 1.82) is 0 Å². The maximum atomic E-state index is 13.4. The van der Waals surface area contributed by atoms with E-state index >= 15 is 0 Å². The maximum absolute atomic E-state index is 13.4. The highest BCUT2D eigenvalue weighted by Crippen LogP contribution is 2.21. The van der Waals surface area contributed by atoms with Gasteiger partial charge in [0.1, 0.15) is 10.8 Å². The molecule has 0 atom stereocenters. The Hall–Kier alpha value is -2.97. The van der Waals surface area contributed by atoms with Crippen LogP contribution in [-0.4, -0.2) is 25.5 Å². The zero-order valence-corrected chi connectivity index (χ0v) is 17.9. The minimum absolute atomic E-state index is 0.250. The van der Waals surface area contributed by atoms with E-state index < -0.39 is 0 Å². The van der Waals surface area contributed by atoms with Crippen molar-refractivity contribution in [2.45, 2.75) is 13.1 Å². The monoisotopic (exact) mass is 487 g/mol. The van der Waals surface area contributed by atoms with Crippen molar-refractivity contribution in [2.24, 2.45) is 0 Å². The molecule has 30 heavy (non-hydrogen) atoms. The van der Waals surface area contributed by atoms with Gasteiger partial charge in [-0.1, -0.05) is 35.9 Å². The summed E-state index contributed by atoms with van der Waals surface area (Å²) in [5.41, 5.74) is 2.15. The molecule has 152 valence electrons. The normalized spacial score (nSPS) is 10.9. The van der Waals surface area contributed by atoms with Crippen molar-refractivity contribution >= 4 is 39.3 Å². The Kier molecular flexibility index (Phi) is 5.96. The van der Waals surface area contributed by atoms with Crippen LogP contribution in [0.3, 0.4) is 0 Å². The van der Waals surface area contributed by atoms with Gasteiger partial charge in [-0.25, -0.2) is 4.39 Å². The summed E-state index contributed by atoms with van der Waals surface area (Å²) in [5, 5.41) is 11.6. The number of hydrogen-bond acceptors (Lipinski definition) is 3. The highest BCUT2D eigenvalue weighted by Gasteiger charge is 2.13. The lowest BCUT2D eigenvalue weighted by molar-refractivity contribution is 0.102. The molecule has 0 bridgehead atoms. The molecule has 1 N–H and O–H groups in total. The smallest absolute Gasteiger partial charge is 0.256 e. The van der Waals surface area contributed by atoms with Crippen LogP contribution < -0.4 is 5.32 Å². The van der Waals surface area contributed by atoms with Gasteiger partial charge in [0.25, 0.3) is 5.91 Å². The molecular formula is C21H16BrClFN5O. The summed E-state index contributed by atoms with van der Waals surface area (Å²) in [4.78, 5) is 12.7. The van der Waals surface area contributed by atoms with Gasteiger partial charge in [-0.3, -0.25) is 14.2 Å². The highest BCUT2D eigenvalue weighted by atomic mass is 79.9. The number of aromatic nitrogens is 4. The number of halogens is 3. The van der Waals surface area contributed by atoms with E-state index in [1.54, 1.807) is 46.0 Å². The first-order valence-corrected chi connectivity index (χ1v) is 10.2. The third-order valence-electron chi connectivity index (χ3n) is 4.32. The van der Waals surface area contributed by atoms with Crippen LogP contribution in [0.5, 0.6) is 0 Å². The van der Waals surface area contributed by atoms with Crippen LogP contribution in [0.2, 0.25) is 5.02 Å². The molecule has 0 aliphatic carbocycles. The van der Waals surface area contributed by atoms with Gasteiger partial charge < -0.3 is 5.32 Å². The van der Waals surface area contributed by atoms with Crippen molar-refractivity contribution in [1.82, 2.24) is 19.6 Å². The van der Waals surface area contributed by atoms with Gasteiger partial charge in [0.05, 0.1) is 23.8 Å². The Morgan fingerprint density at radius 2 is 1.80 bits per heavy atom. The molecule has 2 aromatic carbocycles. The SMILES string of the molecule is O=C(Nc1nn(Cc2cccc(F)c2)cc1Cl)c1cccc(Cn2cc(Br)cn2)c1. The molecule has 2 heterocycles. The topological polar surface area (TPSA) is 64.7 Å². The maximum Gasteiger partial charge on any atom is 0.256 e. The summed E-state index contributed by atoms with van der Waals surface area (Å²) in [6, 6.07) is 13.5. The van der Waals surface area contributed by atoms with Gasteiger partial charge in [0.2, 0.25) is 0 Å². The van der Waals surface area contributed by atoms with Crippen molar-refractivity contribution in [2.75, 3.05) is 5.32 Å². The van der Waals surface area contributed by atoms with Gasteiger partial charge in [0, 0.05) is 18.0 Å². The number of amides is 1. The lowest BCUT2D eigenvalue weighted by Crippen LogP contribution is -2.14. The minimum Gasteiger partial charge on any atom is -0.304 e. The Labute approximate surface area is 185 Å². The number of hydrogen-bond donors (Lipinski definition) is 1. The van der Waals surface area contributed by atoms with Gasteiger partial charge >= 0.3 is 0 Å². The molecule has 0 saturated heterocycles. The third-order valence-corrected chi connectivity index (χ3v) is 5.00. The number of benzene rings is 2. The average molecular weight is 489 g/mol. The van der Waals surface area contributed by atoms with E-state index in [4.69, 9.17) is 11.6 Å². The summed E-state index contributed by atoms with van der Waals surface area (Å²) in [7, 11) is 0. The largest absolute Gasteiger partial charge is 0.304 e. The molecule has 9 heteroatoms. The molecule has 0 spiro atoms. The summed E-state index contributed by atoms with van der Waals surface area (Å²) in [6.45, 7) is 0.873. The van der Waals surface area contributed by atoms with Crippen LogP contribution in [0.15, 0.2) is 71.6 Å². The summed E-state index contributed by atoms with van der Waals surface area (Å²) in [5.74, 6) is -0.391. The van der Waals surface area contributed by atoms with E-state index in [1.807, 2.05) is 18.3 Å². The highest BCUT2D eigenvalue weighted by molar-refractivity contribution is 9.10. The van der Waals surface area contributed by atoms with Crippen LogP contribution in [0.25, 0.3) is 0 Å². The quantitative estimate of drug-likeness (QED) is 0.416. The fourth-order valence-corrected chi connectivity index (χ4v) is 3.51. The zero-order valence-electron chi connectivity index (χ0n) is 15.6. The van der Waals surface area contributed by atoms with Gasteiger partial charge in [-0.05, 0) is 51.3 Å². The van der Waals surface area contributed by atoms with E-state index in [1.165, 1.54) is 12.1 Å². The van der Waals surface area contributed by atoms with Crippen LogP contribution in [-0.2, 0) is 13.1 Å². The van der Waals surface area contributed by atoms with Crippen LogP contribution in [0.1, 0.15) is 21.5 Å². The first-order valence-electron chi connectivity index (χ1n) is 9.02. The summed E-state index contributed by atoms with van der Waals surface area (Å²) in [6.07, 6.45) is 5.16. The van der Waals surface area contributed by atoms with E-state index in [9.17, 15) is 9.18 Å². The number of carbonyl (C=O) groups is 1. The molecular weight excluding hydrogens is 473 g/mol. The lowest BCUT2D eigenvalue weighted by Gasteiger charge is -2.06. The first kappa shape index (κ1) is 20.3. The molecule has 2 aromatic heterocycles. The van der Waals surface area contributed by atoms with E-state index in [-0.39, 0.29) is 17.5 Å². The molecule has 6 nitrogen and oxygen atoms in total. The molecule has 4 aromatic rings. The van der Waals surface area contributed by atoms with Crippen LogP contribution in [0.4, 0.5) is 10.2 Å². The number of rotatable bonds is 6. The van der Waals surface area contributed by atoms with Crippen molar-refractivity contribution in [3.05, 3.63) is 99.1 Å². The van der Waals surface area contributed by atoms with Gasteiger partial charge in [-0.2, -0.15) is 10.2 Å². The van der Waals surface area contributed by atoms with E-state index in [2.05, 4.69) is 31.4 Å². The van der Waals surface area contributed by atoms with Gasteiger partial charge in [-0.15, -0.1) is 0 Å². The standard InChI is InChI=1S/C21H16BrClFN5O/c22-17-9-25-28(12-17)10-14-3-1-5-16(7-14)21(30)26-20-19(23)13-29(27-20)11-15-4-2-6-18(24)8-15/h1-9,12-13H,10-11H2,(H,26,27,30).